The van der Waals surface area contributed by atoms with Gasteiger partial charge in [0, 0.05) is 35.2 Å². The van der Waals surface area contributed by atoms with Gasteiger partial charge in [0.25, 0.3) is 11.2 Å². The van der Waals surface area contributed by atoms with Crippen molar-refractivity contribution < 1.29 is 28.2 Å². The number of nitro benzene ring substituents is 1. The predicted octanol–water partition coefficient (Wildman–Crippen LogP) is 1.80. The molecule has 0 bridgehead atoms. The number of nitrogens with zero attached hydrogens (tertiary/aromatic N) is 5. The van der Waals surface area contributed by atoms with Crippen molar-refractivity contribution in [2.45, 2.75) is 31.7 Å². The maximum Gasteiger partial charge on any atom is 0.330 e. The summed E-state index contributed by atoms with van der Waals surface area (Å²) in [6.45, 7) is -2.59. The lowest BCUT2D eigenvalue weighted by atomic mass is 10.1. The van der Waals surface area contributed by atoms with E-state index in [0.717, 1.165) is 0 Å². The van der Waals surface area contributed by atoms with Gasteiger partial charge in [-0.1, -0.05) is 5.11 Å². The van der Waals surface area contributed by atoms with Crippen LogP contribution in [0.2, 0.25) is 0 Å². The molecular weight excluding hydrogens is 533 g/mol. The molecule has 1 fully saturated rings. The van der Waals surface area contributed by atoms with Crippen LogP contribution in [0, 0.1) is 17.0 Å². The summed E-state index contributed by atoms with van der Waals surface area (Å²) >= 11 is 5.51. The lowest BCUT2D eigenvalue weighted by Gasteiger charge is -2.25. The third-order valence-corrected chi connectivity index (χ3v) is 7.60. The Labute approximate surface area is 213 Å². The number of non-ortho nitro benzene ring substituents is 1. The van der Waals surface area contributed by atoms with Gasteiger partial charge < -0.3 is 18.5 Å². The molecule has 2 N–H and O–H groups in total. The molecule has 2 aromatic rings. The zero-order chi connectivity index (χ0) is 27.2. The molecule has 198 valence electrons. The van der Waals surface area contributed by atoms with Gasteiger partial charge in [-0.05, 0) is 36.4 Å². The number of benzene rings is 1. The molecule has 18 heteroatoms. The summed E-state index contributed by atoms with van der Waals surface area (Å²) in [6, 6.07) is 4.29. The summed E-state index contributed by atoms with van der Waals surface area (Å²) in [5, 5.41) is 17.3. The van der Waals surface area contributed by atoms with Crippen LogP contribution in [0.25, 0.3) is 10.4 Å². The van der Waals surface area contributed by atoms with Crippen LogP contribution in [0.4, 0.5) is 5.69 Å². The van der Waals surface area contributed by atoms with Crippen molar-refractivity contribution in [2.75, 3.05) is 20.3 Å². The molecule has 1 aliphatic rings. The van der Waals surface area contributed by atoms with Crippen molar-refractivity contribution in [3.05, 3.63) is 77.4 Å². The van der Waals surface area contributed by atoms with Crippen LogP contribution in [0.1, 0.15) is 18.2 Å². The van der Waals surface area contributed by atoms with E-state index in [-0.39, 0.29) is 36.6 Å². The van der Waals surface area contributed by atoms with E-state index in [1.165, 1.54) is 49.1 Å². The summed E-state index contributed by atoms with van der Waals surface area (Å²) in [4.78, 5) is 51.0. The summed E-state index contributed by atoms with van der Waals surface area (Å²) in [7, 11) is 1.18. The number of nitro groups is 1. The molecule has 3 rings (SSSR count). The van der Waals surface area contributed by atoms with Gasteiger partial charge in [0.15, 0.2) is 0 Å². The van der Waals surface area contributed by atoms with Crippen molar-refractivity contribution in [3.63, 3.8) is 0 Å². The number of ether oxygens (including phenoxy) is 2. The maximum absolute atomic E-state index is 12.3. The average molecular weight is 555 g/mol. The molecule has 1 aromatic carbocycles. The molecule has 0 amide bonds. The monoisotopic (exact) mass is 555 g/mol. The number of azide groups is 1. The fourth-order valence-corrected chi connectivity index (χ4v) is 5.21. The third kappa shape index (κ3) is 7.22. The highest BCUT2D eigenvalue weighted by atomic mass is 32.5. The minimum absolute atomic E-state index is 0.102. The molecule has 16 nitrogen and oxygen atoms in total. The van der Waals surface area contributed by atoms with E-state index in [4.69, 9.17) is 31.1 Å². The van der Waals surface area contributed by atoms with Gasteiger partial charge in [0.1, 0.15) is 18.5 Å². The van der Waals surface area contributed by atoms with Gasteiger partial charge in [-0.25, -0.2) is 9.88 Å². The maximum atomic E-state index is 12.3. The second-order valence-electron chi connectivity index (χ2n) is 7.66. The Bertz CT molecular complexity index is 1370. The Morgan fingerprint density at radius 3 is 2.76 bits per heavy atom. The van der Waals surface area contributed by atoms with E-state index >= 15 is 0 Å². The number of aryl methyl sites for hydroxylation is 1. The van der Waals surface area contributed by atoms with E-state index in [2.05, 4.69) is 24.8 Å². The number of carbonyl (C=O) groups is 1. The topological polar surface area (TPSA) is 213 Å². The Morgan fingerprint density at radius 2 is 2.14 bits per heavy atom. The van der Waals surface area contributed by atoms with Crippen LogP contribution in [-0.4, -0.2) is 52.9 Å². The standard InChI is InChI=1S/C19H22N7O9PS/c1-11-9-25(19(29)22-18(11)28)16-7-14(23-24-20)15(34-16)10-33-36(37,21-8-17(27)32-2)35-13-5-3-12(4-6-13)26(30)31/h3-6,9,14-16H,7-8,10H2,1-2H3,(H,21,37)(H,22,28,29)/t14-,15+,16+,36?/m0/s1. The van der Waals surface area contributed by atoms with Crippen LogP contribution in [-0.2, 0) is 30.6 Å². The molecule has 0 radical (unpaired) electrons. The molecule has 0 saturated carbocycles. The number of aromatic amines is 1. The van der Waals surface area contributed by atoms with Gasteiger partial charge in [-0.3, -0.25) is 29.3 Å². The number of hydrogen-bond donors (Lipinski definition) is 2. The Kier molecular flexibility index (Phi) is 9.15. The first-order valence-corrected chi connectivity index (χ1v) is 13.2. The Balaban J connectivity index is 1.79. The van der Waals surface area contributed by atoms with E-state index in [1.807, 2.05) is 0 Å². The molecule has 1 aromatic heterocycles. The number of nitrogens with one attached hydrogen (secondary N) is 2. The first kappa shape index (κ1) is 28.0. The molecule has 0 aliphatic carbocycles. The smallest absolute Gasteiger partial charge is 0.330 e. The molecule has 0 spiro atoms. The van der Waals surface area contributed by atoms with Crippen LogP contribution in [0.5, 0.6) is 5.75 Å². The fraction of sp³-hybridized carbons (Fsp3) is 0.421. The third-order valence-electron chi connectivity index (χ3n) is 5.19. The van der Waals surface area contributed by atoms with Crippen molar-refractivity contribution in [3.8, 4) is 5.75 Å². The number of carbonyl (C=O) groups excluding carboxylic acids is 1. The Hall–Kier alpha value is -3.59. The van der Waals surface area contributed by atoms with E-state index in [9.17, 15) is 24.5 Å². The molecule has 4 atom stereocenters. The van der Waals surface area contributed by atoms with Gasteiger partial charge in [-0.15, -0.1) is 0 Å². The van der Waals surface area contributed by atoms with Gasteiger partial charge in [0.2, 0.25) is 0 Å². The van der Waals surface area contributed by atoms with Crippen molar-refractivity contribution in [2.24, 2.45) is 5.11 Å². The van der Waals surface area contributed by atoms with Crippen molar-refractivity contribution in [1.82, 2.24) is 14.6 Å². The number of hydrogen-bond acceptors (Lipinski definition) is 11. The SMILES string of the molecule is COC(=O)CNP(=S)(OC[C@H]1O[C@@H](n2cc(C)c(=O)[nH]c2=O)C[C@@H]1N=[N+]=[N-])Oc1ccc([N+](=O)[O-])cc1. The van der Waals surface area contributed by atoms with Crippen LogP contribution >= 0.6 is 6.64 Å². The molecule has 1 unspecified atom stereocenters. The number of esters is 1. The lowest BCUT2D eigenvalue weighted by molar-refractivity contribution is -0.384. The average Bonchev–Trinajstić information content (AvgIpc) is 3.26. The molecule has 1 aliphatic heterocycles. The summed E-state index contributed by atoms with van der Waals surface area (Å²) in [5.41, 5.74) is 7.87. The Morgan fingerprint density at radius 1 is 1.43 bits per heavy atom. The normalized spacial score (nSPS) is 20.4. The summed E-state index contributed by atoms with van der Waals surface area (Å²) < 4.78 is 23.3. The molecule has 37 heavy (non-hydrogen) atoms. The molecule has 2 heterocycles. The van der Waals surface area contributed by atoms with E-state index < -0.39 is 47.2 Å². The van der Waals surface area contributed by atoms with Gasteiger partial charge in [0.05, 0.1) is 30.8 Å². The zero-order valence-corrected chi connectivity index (χ0v) is 21.2. The van der Waals surface area contributed by atoms with E-state index in [1.54, 1.807) is 0 Å². The fourth-order valence-electron chi connectivity index (χ4n) is 3.30. The highest BCUT2D eigenvalue weighted by Crippen LogP contribution is 2.46. The largest absolute Gasteiger partial charge is 0.468 e. The van der Waals surface area contributed by atoms with Crippen LogP contribution in [0.3, 0.4) is 0 Å². The highest BCUT2D eigenvalue weighted by Gasteiger charge is 2.38. The molecule has 1 saturated heterocycles. The van der Waals surface area contributed by atoms with Crippen molar-refractivity contribution in [1.29, 1.82) is 0 Å². The lowest BCUT2D eigenvalue weighted by Crippen LogP contribution is -2.33. The summed E-state index contributed by atoms with van der Waals surface area (Å²) in [5.74, 6) is -0.513. The quantitative estimate of drug-likeness (QED) is 0.0775. The second-order valence-corrected chi connectivity index (χ2v) is 10.9. The number of methoxy groups -OCH3 is 1. The molecular formula is C19H22N7O9PS. The predicted molar refractivity (Wildman–Crippen MR) is 132 cm³/mol. The van der Waals surface area contributed by atoms with Crippen LogP contribution < -0.4 is 20.9 Å². The highest BCUT2D eigenvalue weighted by molar-refractivity contribution is 8.09. The first-order valence-electron chi connectivity index (χ1n) is 10.6. The van der Waals surface area contributed by atoms with E-state index in [0.29, 0.717) is 0 Å². The zero-order valence-electron chi connectivity index (χ0n) is 19.5. The first-order chi connectivity index (χ1) is 17.5. The minimum Gasteiger partial charge on any atom is -0.468 e. The van der Waals surface area contributed by atoms with Gasteiger partial charge >= 0.3 is 18.3 Å². The minimum atomic E-state index is -3.48. The van der Waals surface area contributed by atoms with Gasteiger partial charge in [-0.2, -0.15) is 0 Å². The van der Waals surface area contributed by atoms with Crippen molar-refractivity contribution >= 4 is 30.1 Å². The van der Waals surface area contributed by atoms with Crippen LogP contribution in [0.15, 0.2) is 45.2 Å². The number of rotatable bonds is 11. The second kappa shape index (κ2) is 12.1. The number of H-pyrrole nitrogens is 1. The summed E-state index contributed by atoms with van der Waals surface area (Å²) in [6.07, 6.45) is -0.306. The number of aromatic nitrogens is 2.